The van der Waals surface area contributed by atoms with Crippen LogP contribution in [0.25, 0.3) is 0 Å². The molecule has 26 heavy (non-hydrogen) atoms. The normalized spacial score (nSPS) is 12.4. The van der Waals surface area contributed by atoms with Gasteiger partial charge in [-0.1, -0.05) is 25.2 Å². The first-order valence-corrected chi connectivity index (χ1v) is 9.74. The molecule has 1 heterocycles. The zero-order chi connectivity index (χ0) is 19.6. The second-order valence-electron chi connectivity index (χ2n) is 7.54. The van der Waals surface area contributed by atoms with Crippen molar-refractivity contribution >= 4 is 17.2 Å². The van der Waals surface area contributed by atoms with Crippen LogP contribution < -0.4 is 15.4 Å². The van der Waals surface area contributed by atoms with E-state index in [0.717, 1.165) is 6.42 Å². The Morgan fingerprint density at radius 1 is 1.38 bits per heavy atom. The van der Waals surface area contributed by atoms with Gasteiger partial charge in [-0.15, -0.1) is 11.8 Å². The van der Waals surface area contributed by atoms with E-state index in [1.807, 2.05) is 20.8 Å². The van der Waals surface area contributed by atoms with E-state index in [0.29, 0.717) is 35.5 Å². The maximum absolute atomic E-state index is 12.0. The van der Waals surface area contributed by atoms with Crippen LogP contribution in [0.2, 0.25) is 0 Å². The Bertz CT molecular complexity index is 612. The van der Waals surface area contributed by atoms with Crippen molar-refractivity contribution in [1.82, 2.24) is 15.6 Å². The Hall–Kier alpha value is -1.62. The monoisotopic (exact) mass is 381 g/mol. The Morgan fingerprint density at radius 3 is 2.77 bits per heavy atom. The van der Waals surface area contributed by atoms with Crippen molar-refractivity contribution < 1.29 is 14.6 Å². The number of β-amino-alcohol motifs (C(OH)–C–C–N with tert-alkyl or cyclic N) is 1. The fraction of sp³-hybridized carbons (Fsp3) is 0.684. The number of aromatic nitrogens is 1. The molecule has 1 aromatic heterocycles. The highest BCUT2D eigenvalue weighted by atomic mass is 32.1. The minimum Gasteiger partial charge on any atom is -0.467 e. The zero-order valence-corrected chi connectivity index (χ0v) is 17.2. The molecule has 3 N–H and O–H groups in total. The quantitative estimate of drug-likeness (QED) is 0.452. The molecule has 0 fully saturated rings. The minimum absolute atomic E-state index is 0.0629. The number of ether oxygens (including phenoxy) is 1. The van der Waals surface area contributed by atoms with Crippen LogP contribution in [0, 0.1) is 17.8 Å². The summed E-state index contributed by atoms with van der Waals surface area (Å²) in [5.74, 6) is 6.52. The predicted octanol–water partition coefficient (Wildman–Crippen LogP) is 2.44. The third-order valence-corrected chi connectivity index (χ3v) is 4.05. The first-order chi connectivity index (χ1) is 12.2. The Balaban J connectivity index is 2.30. The molecular weight excluding hydrogens is 350 g/mol. The summed E-state index contributed by atoms with van der Waals surface area (Å²) in [6.07, 6.45) is 2.35. The highest BCUT2D eigenvalue weighted by Gasteiger charge is 2.14. The van der Waals surface area contributed by atoms with Crippen LogP contribution in [0.3, 0.4) is 0 Å². The van der Waals surface area contributed by atoms with Crippen LogP contribution in [0.5, 0.6) is 5.19 Å². The van der Waals surface area contributed by atoms with Crippen LogP contribution in [-0.2, 0) is 0 Å². The third-order valence-electron chi connectivity index (χ3n) is 3.15. The molecule has 1 aromatic rings. The highest BCUT2D eigenvalue weighted by Crippen LogP contribution is 2.20. The first-order valence-electron chi connectivity index (χ1n) is 8.93. The number of hydrogen-bond acceptors (Lipinski definition) is 6. The number of carbonyl (C=O) groups is 1. The molecule has 146 valence electrons. The molecule has 0 saturated carbocycles. The zero-order valence-electron chi connectivity index (χ0n) is 16.4. The largest absolute Gasteiger partial charge is 0.467 e. The van der Waals surface area contributed by atoms with Crippen molar-refractivity contribution in [2.24, 2.45) is 5.92 Å². The molecule has 0 aromatic carbocycles. The minimum atomic E-state index is -0.639. The summed E-state index contributed by atoms with van der Waals surface area (Å²) in [5.41, 5.74) is -0.0629. The second kappa shape index (κ2) is 11.2. The highest BCUT2D eigenvalue weighted by molar-refractivity contribution is 7.15. The van der Waals surface area contributed by atoms with Crippen molar-refractivity contribution in [3.05, 3.63) is 11.1 Å². The van der Waals surface area contributed by atoms with E-state index in [1.54, 1.807) is 0 Å². The summed E-state index contributed by atoms with van der Waals surface area (Å²) in [6, 6.07) is 0. The molecule has 6 nitrogen and oxygen atoms in total. The van der Waals surface area contributed by atoms with Gasteiger partial charge in [0.1, 0.15) is 17.6 Å². The number of nitrogens with one attached hydrogen (secondary N) is 2. The maximum atomic E-state index is 12.0. The molecule has 0 aliphatic rings. The molecule has 0 radical (unpaired) electrons. The third kappa shape index (κ3) is 10.4. The summed E-state index contributed by atoms with van der Waals surface area (Å²) in [4.78, 5) is 16.6. The van der Waals surface area contributed by atoms with E-state index in [2.05, 4.69) is 41.3 Å². The summed E-state index contributed by atoms with van der Waals surface area (Å²) >= 11 is 1.17. The summed E-state index contributed by atoms with van der Waals surface area (Å²) < 4.78 is 5.46. The van der Waals surface area contributed by atoms with Crippen LogP contribution in [0.4, 0.5) is 0 Å². The molecule has 0 saturated heterocycles. The topological polar surface area (TPSA) is 83.5 Å². The fourth-order valence-corrected chi connectivity index (χ4v) is 2.46. The Morgan fingerprint density at radius 2 is 2.12 bits per heavy atom. The second-order valence-corrected chi connectivity index (χ2v) is 8.54. The number of nitrogens with zero attached hydrogens (tertiary/aromatic N) is 1. The van der Waals surface area contributed by atoms with Crippen molar-refractivity contribution in [3.8, 4) is 17.0 Å². The molecule has 1 rings (SSSR count). The lowest BCUT2D eigenvalue weighted by atomic mass is 10.1. The van der Waals surface area contributed by atoms with Gasteiger partial charge in [-0.25, -0.2) is 4.98 Å². The average molecular weight is 382 g/mol. The lowest BCUT2D eigenvalue weighted by Gasteiger charge is -2.22. The van der Waals surface area contributed by atoms with Crippen LogP contribution >= 0.6 is 11.3 Å². The number of aliphatic hydroxyl groups is 1. The summed E-state index contributed by atoms with van der Waals surface area (Å²) in [6.45, 7) is 11.4. The van der Waals surface area contributed by atoms with Crippen molar-refractivity contribution in [1.29, 1.82) is 0 Å². The van der Waals surface area contributed by atoms with Gasteiger partial charge in [-0.3, -0.25) is 4.79 Å². The molecular formula is C19H31N3O3S. The van der Waals surface area contributed by atoms with E-state index < -0.39 is 6.10 Å². The number of carbonyl (C=O) groups excluding carboxylic acids is 1. The summed E-state index contributed by atoms with van der Waals surface area (Å²) in [5, 5.41) is 16.3. The van der Waals surface area contributed by atoms with Crippen LogP contribution in [0.1, 0.15) is 57.1 Å². The molecule has 0 bridgehead atoms. The van der Waals surface area contributed by atoms with Gasteiger partial charge in [-0.05, 0) is 26.7 Å². The van der Waals surface area contributed by atoms with Gasteiger partial charge in [0.2, 0.25) is 0 Å². The van der Waals surface area contributed by atoms with Gasteiger partial charge in [0.05, 0.1) is 6.20 Å². The fourth-order valence-electron chi connectivity index (χ4n) is 1.77. The smallest absolute Gasteiger partial charge is 0.273 e. The van der Waals surface area contributed by atoms with Gasteiger partial charge in [0.25, 0.3) is 11.1 Å². The van der Waals surface area contributed by atoms with Crippen LogP contribution in [-0.4, -0.2) is 47.3 Å². The average Bonchev–Trinajstić information content (AvgIpc) is 3.02. The SMILES string of the molecule is CC(C)CC#CCCNC(=O)c1cnc(OCC(O)CNC(C)(C)C)s1. The van der Waals surface area contributed by atoms with Crippen molar-refractivity contribution in [2.75, 3.05) is 19.7 Å². The molecule has 0 spiro atoms. The van der Waals surface area contributed by atoms with E-state index in [1.165, 1.54) is 17.5 Å². The van der Waals surface area contributed by atoms with Crippen LogP contribution in [0.15, 0.2) is 6.20 Å². The summed E-state index contributed by atoms with van der Waals surface area (Å²) in [7, 11) is 0. The molecule has 1 atom stereocenters. The predicted molar refractivity (Wildman–Crippen MR) is 106 cm³/mol. The van der Waals surface area contributed by atoms with E-state index in [-0.39, 0.29) is 18.1 Å². The lowest BCUT2D eigenvalue weighted by Crippen LogP contribution is -2.42. The van der Waals surface area contributed by atoms with Gasteiger partial charge < -0.3 is 20.5 Å². The number of hydrogen-bond donors (Lipinski definition) is 3. The first kappa shape index (κ1) is 22.4. The number of aliphatic hydroxyl groups excluding tert-OH is 1. The van der Waals surface area contributed by atoms with Gasteiger partial charge in [-0.2, -0.15) is 0 Å². The van der Waals surface area contributed by atoms with Gasteiger partial charge in [0.15, 0.2) is 0 Å². The Labute approximate surface area is 160 Å². The van der Waals surface area contributed by atoms with Gasteiger partial charge in [0, 0.05) is 31.5 Å². The molecule has 0 aliphatic carbocycles. The van der Waals surface area contributed by atoms with Gasteiger partial charge >= 0.3 is 0 Å². The number of thiazole rings is 1. The molecule has 7 heteroatoms. The van der Waals surface area contributed by atoms with E-state index in [9.17, 15) is 9.90 Å². The standard InChI is InChI=1S/C19H31N3O3S/c1-14(2)9-7-6-8-10-20-17(24)16-12-21-18(26-16)25-13-15(23)11-22-19(3,4)5/h12,14-15,22-23H,8-11,13H2,1-5H3,(H,20,24). The van der Waals surface area contributed by atoms with E-state index >= 15 is 0 Å². The molecule has 0 aliphatic heterocycles. The maximum Gasteiger partial charge on any atom is 0.273 e. The van der Waals surface area contributed by atoms with Crippen molar-refractivity contribution in [2.45, 2.75) is 59.1 Å². The molecule has 1 amide bonds. The number of rotatable bonds is 9. The lowest BCUT2D eigenvalue weighted by molar-refractivity contribution is 0.0958. The van der Waals surface area contributed by atoms with Crippen molar-refractivity contribution in [3.63, 3.8) is 0 Å². The van der Waals surface area contributed by atoms with E-state index in [4.69, 9.17) is 4.74 Å². The Kier molecular flexibility index (Phi) is 9.63. The molecule has 1 unspecified atom stereocenters. The number of amides is 1.